The number of nitrogens with zero attached hydrogens (tertiary/aromatic N) is 4. The van der Waals surface area contributed by atoms with E-state index in [2.05, 4.69) is 15.0 Å². The Kier molecular flexibility index (Phi) is 3.55. The number of ether oxygens (including phenoxy) is 1. The number of hydrogen-bond donors (Lipinski definition) is 0. The molecule has 3 aromatic rings. The van der Waals surface area contributed by atoms with E-state index in [9.17, 15) is 4.79 Å². The first-order chi connectivity index (χ1) is 11.2. The second-order valence-corrected chi connectivity index (χ2v) is 5.79. The summed E-state index contributed by atoms with van der Waals surface area (Å²) in [5.74, 6) is 0. The summed E-state index contributed by atoms with van der Waals surface area (Å²) in [5.41, 5.74) is 1.74. The molecule has 4 rings (SSSR count). The summed E-state index contributed by atoms with van der Waals surface area (Å²) in [6.45, 7) is 1.19. The van der Waals surface area contributed by atoms with Crippen LogP contribution in [0.3, 0.4) is 0 Å². The molecular formula is C16H13ClN4O2. The van der Waals surface area contributed by atoms with Gasteiger partial charge in [-0.2, -0.15) is 0 Å². The van der Waals surface area contributed by atoms with Gasteiger partial charge in [0.1, 0.15) is 16.4 Å². The van der Waals surface area contributed by atoms with Crippen molar-refractivity contribution in [2.24, 2.45) is 0 Å². The first-order valence-corrected chi connectivity index (χ1v) is 7.67. The van der Waals surface area contributed by atoms with E-state index in [-0.39, 0.29) is 16.8 Å². The summed E-state index contributed by atoms with van der Waals surface area (Å²) in [6, 6.07) is 5.26. The Hall–Kier alpha value is -2.31. The zero-order valence-electron chi connectivity index (χ0n) is 12.1. The highest BCUT2D eigenvalue weighted by atomic mass is 35.5. The minimum absolute atomic E-state index is 0.0215. The standard InChI is InChI=1S/C16H13ClN4O2/c17-13-6-12-15(14(20-13)10-2-1-4-18-7-10)19-9-21(16(12)22)11-3-5-23-8-11/h1-2,4,6-7,9,11H,3,5,8H2. The average Bonchev–Trinajstić information content (AvgIpc) is 3.10. The van der Waals surface area contributed by atoms with Crippen molar-refractivity contribution in [3.63, 3.8) is 0 Å². The van der Waals surface area contributed by atoms with E-state index in [1.165, 1.54) is 0 Å². The molecule has 4 heterocycles. The lowest BCUT2D eigenvalue weighted by atomic mass is 10.1. The third kappa shape index (κ3) is 2.50. The van der Waals surface area contributed by atoms with E-state index >= 15 is 0 Å². The van der Waals surface area contributed by atoms with Crippen LogP contribution in [-0.2, 0) is 4.74 Å². The van der Waals surface area contributed by atoms with Crippen molar-refractivity contribution < 1.29 is 4.74 Å². The van der Waals surface area contributed by atoms with Gasteiger partial charge >= 0.3 is 0 Å². The maximum atomic E-state index is 12.8. The Balaban J connectivity index is 1.96. The van der Waals surface area contributed by atoms with E-state index in [0.717, 1.165) is 12.0 Å². The van der Waals surface area contributed by atoms with Crippen molar-refractivity contribution >= 4 is 22.5 Å². The number of fused-ring (bicyclic) bond motifs is 1. The zero-order valence-corrected chi connectivity index (χ0v) is 12.9. The van der Waals surface area contributed by atoms with Gasteiger partial charge < -0.3 is 4.74 Å². The third-order valence-electron chi connectivity index (χ3n) is 3.97. The fourth-order valence-electron chi connectivity index (χ4n) is 2.82. The molecule has 3 aromatic heterocycles. The van der Waals surface area contributed by atoms with Gasteiger partial charge in [0.05, 0.1) is 24.4 Å². The lowest BCUT2D eigenvalue weighted by molar-refractivity contribution is 0.186. The minimum Gasteiger partial charge on any atom is -0.379 e. The largest absolute Gasteiger partial charge is 0.379 e. The number of rotatable bonds is 2. The smallest absolute Gasteiger partial charge is 0.261 e. The topological polar surface area (TPSA) is 69.9 Å². The monoisotopic (exact) mass is 328 g/mol. The molecule has 7 heteroatoms. The van der Waals surface area contributed by atoms with Crippen LogP contribution in [0.25, 0.3) is 22.2 Å². The number of aromatic nitrogens is 4. The van der Waals surface area contributed by atoms with Crippen molar-refractivity contribution in [2.45, 2.75) is 12.5 Å². The lowest BCUT2D eigenvalue weighted by Crippen LogP contribution is -2.25. The van der Waals surface area contributed by atoms with Gasteiger partial charge in [-0.1, -0.05) is 11.6 Å². The van der Waals surface area contributed by atoms with Gasteiger partial charge in [0.25, 0.3) is 5.56 Å². The Labute approximate surface area is 136 Å². The molecule has 0 aliphatic carbocycles. The molecule has 1 unspecified atom stereocenters. The maximum absolute atomic E-state index is 12.8. The molecule has 0 aromatic carbocycles. The van der Waals surface area contributed by atoms with E-state index < -0.39 is 0 Å². The van der Waals surface area contributed by atoms with Gasteiger partial charge in [-0.05, 0) is 24.6 Å². The maximum Gasteiger partial charge on any atom is 0.261 e. The van der Waals surface area contributed by atoms with Gasteiger partial charge in [-0.25, -0.2) is 9.97 Å². The lowest BCUT2D eigenvalue weighted by Gasteiger charge is -2.13. The van der Waals surface area contributed by atoms with Crippen molar-refractivity contribution in [2.75, 3.05) is 13.2 Å². The summed E-state index contributed by atoms with van der Waals surface area (Å²) in [4.78, 5) is 25.7. The predicted molar refractivity (Wildman–Crippen MR) is 86.5 cm³/mol. The van der Waals surface area contributed by atoms with Crippen LogP contribution in [0.4, 0.5) is 0 Å². The highest BCUT2D eigenvalue weighted by Crippen LogP contribution is 2.26. The van der Waals surface area contributed by atoms with E-state index in [4.69, 9.17) is 16.3 Å². The van der Waals surface area contributed by atoms with Crippen LogP contribution in [0.15, 0.2) is 41.7 Å². The first-order valence-electron chi connectivity index (χ1n) is 7.29. The normalized spacial score (nSPS) is 17.7. The first kappa shape index (κ1) is 14.3. The second-order valence-electron chi connectivity index (χ2n) is 5.41. The molecular weight excluding hydrogens is 316 g/mol. The SMILES string of the molecule is O=c1c2cc(Cl)nc(-c3cccnc3)c2ncn1C1CCOC1. The molecule has 0 spiro atoms. The van der Waals surface area contributed by atoms with Gasteiger partial charge in [0.2, 0.25) is 0 Å². The molecule has 1 fully saturated rings. The van der Waals surface area contributed by atoms with Gasteiger partial charge in [-0.15, -0.1) is 0 Å². The fraction of sp³-hybridized carbons (Fsp3) is 0.250. The van der Waals surface area contributed by atoms with Crippen molar-refractivity contribution in [3.05, 3.63) is 52.4 Å². The molecule has 6 nitrogen and oxygen atoms in total. The summed E-state index contributed by atoms with van der Waals surface area (Å²) >= 11 is 6.13. The Morgan fingerprint density at radius 3 is 3.04 bits per heavy atom. The predicted octanol–water partition coefficient (Wildman–Crippen LogP) is 2.47. The molecule has 0 amide bonds. The molecule has 0 N–H and O–H groups in total. The van der Waals surface area contributed by atoms with Crippen LogP contribution in [0.2, 0.25) is 5.15 Å². The van der Waals surface area contributed by atoms with Crippen LogP contribution >= 0.6 is 11.6 Å². The molecule has 1 saturated heterocycles. The quantitative estimate of drug-likeness (QED) is 0.676. The highest BCUT2D eigenvalue weighted by molar-refractivity contribution is 6.30. The number of hydrogen-bond acceptors (Lipinski definition) is 5. The summed E-state index contributed by atoms with van der Waals surface area (Å²) in [5, 5.41) is 0.717. The van der Waals surface area contributed by atoms with Gasteiger partial charge in [-0.3, -0.25) is 14.3 Å². The molecule has 1 aliphatic heterocycles. The summed E-state index contributed by atoms with van der Waals surface area (Å²) in [6.07, 6.45) is 5.73. The Bertz CT molecular complexity index is 921. The molecule has 23 heavy (non-hydrogen) atoms. The molecule has 0 bridgehead atoms. The van der Waals surface area contributed by atoms with E-state index in [1.807, 2.05) is 6.07 Å². The van der Waals surface area contributed by atoms with Crippen molar-refractivity contribution in [1.82, 2.24) is 19.5 Å². The van der Waals surface area contributed by atoms with Crippen molar-refractivity contribution in [3.8, 4) is 11.3 Å². The highest BCUT2D eigenvalue weighted by Gasteiger charge is 2.21. The minimum atomic E-state index is -0.125. The molecule has 1 atom stereocenters. The number of halogens is 1. The summed E-state index contributed by atoms with van der Waals surface area (Å²) < 4.78 is 6.98. The molecule has 1 aliphatic rings. The van der Waals surface area contributed by atoms with Crippen LogP contribution in [-0.4, -0.2) is 32.7 Å². The average molecular weight is 329 g/mol. The second kappa shape index (κ2) is 5.72. The molecule has 0 radical (unpaired) electrons. The number of pyridine rings is 2. The molecule has 0 saturated carbocycles. The Morgan fingerprint density at radius 2 is 2.30 bits per heavy atom. The van der Waals surface area contributed by atoms with Crippen LogP contribution < -0.4 is 5.56 Å². The third-order valence-corrected chi connectivity index (χ3v) is 4.17. The van der Waals surface area contributed by atoms with Crippen LogP contribution in [0.5, 0.6) is 0 Å². The van der Waals surface area contributed by atoms with E-state index in [1.54, 1.807) is 35.4 Å². The van der Waals surface area contributed by atoms with Crippen LogP contribution in [0.1, 0.15) is 12.5 Å². The fourth-order valence-corrected chi connectivity index (χ4v) is 3.01. The zero-order chi connectivity index (χ0) is 15.8. The van der Waals surface area contributed by atoms with E-state index in [0.29, 0.717) is 29.8 Å². The molecule has 116 valence electrons. The van der Waals surface area contributed by atoms with Crippen LogP contribution in [0, 0.1) is 0 Å². The van der Waals surface area contributed by atoms with Gasteiger partial charge in [0, 0.05) is 24.6 Å². The van der Waals surface area contributed by atoms with Gasteiger partial charge in [0.15, 0.2) is 0 Å². The summed E-state index contributed by atoms with van der Waals surface area (Å²) in [7, 11) is 0. The van der Waals surface area contributed by atoms with Crippen molar-refractivity contribution in [1.29, 1.82) is 0 Å². The Morgan fingerprint density at radius 1 is 1.39 bits per heavy atom.